The standard InChI is InChI=1S/C29H32BrN8O.2BrH/c1-35(2)24-12-10-23(11-13-24)31-33-28-8-5-6-17-37(28)18-7-19-38-21-22(30)9-16-29(38)34-32-26-15-14-25(36(3)4)20-27(26)39;;/h5-6,8-17,20-21H,7,18-19H2,1-4H3;2*1H/q+1;;/p-1. The van der Waals surface area contributed by atoms with E-state index >= 15 is 0 Å². The SMILES string of the molecule is CN(C)c1ccc(/N=N/c2cccc[n+]2CCC[n+]2cc(Br)ccc2/N=N/c2ccc(N(C)C)cc2O)cc1.[Br-].[Br-]. The maximum Gasteiger partial charge on any atom is 0.350 e. The molecule has 0 saturated heterocycles. The minimum atomic E-state index is 0. The number of anilines is 2. The molecule has 0 saturated carbocycles. The Morgan fingerprint density at radius 3 is 2.02 bits per heavy atom. The smallest absolute Gasteiger partial charge is 0.350 e. The molecule has 2 heterocycles. The van der Waals surface area contributed by atoms with Crippen molar-refractivity contribution in [3.63, 3.8) is 0 Å². The fourth-order valence-corrected chi connectivity index (χ4v) is 4.22. The molecule has 0 fully saturated rings. The third-order valence-corrected chi connectivity index (χ3v) is 6.52. The molecule has 0 aliphatic carbocycles. The maximum atomic E-state index is 10.4. The molecule has 0 aliphatic rings. The molecular formula is C29H33Br3N8O. The number of aryl methyl sites for hydroxylation is 2. The molecule has 2 aromatic carbocycles. The fraction of sp³-hybridized carbons (Fsp3) is 0.241. The fourth-order valence-electron chi connectivity index (χ4n) is 3.84. The summed E-state index contributed by atoms with van der Waals surface area (Å²) < 4.78 is 5.07. The molecule has 1 N–H and O–H groups in total. The molecule has 0 unspecified atom stereocenters. The number of halogens is 3. The van der Waals surface area contributed by atoms with Crippen LogP contribution in [-0.4, -0.2) is 33.3 Å². The highest BCUT2D eigenvalue weighted by Gasteiger charge is 2.14. The van der Waals surface area contributed by atoms with Crippen LogP contribution < -0.4 is 52.9 Å². The van der Waals surface area contributed by atoms with E-state index in [0.29, 0.717) is 18.1 Å². The van der Waals surface area contributed by atoms with E-state index in [1.165, 1.54) is 0 Å². The van der Waals surface area contributed by atoms with Gasteiger partial charge in [0.1, 0.15) is 17.6 Å². The van der Waals surface area contributed by atoms with Gasteiger partial charge in [-0.2, -0.15) is 0 Å². The second-order valence-electron chi connectivity index (χ2n) is 9.38. The van der Waals surface area contributed by atoms with Gasteiger partial charge in [0.2, 0.25) is 0 Å². The summed E-state index contributed by atoms with van der Waals surface area (Å²) in [4.78, 5) is 3.97. The molecule has 9 nitrogen and oxygen atoms in total. The predicted molar refractivity (Wildman–Crippen MR) is 157 cm³/mol. The lowest BCUT2D eigenvalue weighted by molar-refractivity contribution is -0.715. The lowest BCUT2D eigenvalue weighted by atomic mass is 10.2. The van der Waals surface area contributed by atoms with Crippen molar-refractivity contribution in [3.05, 3.63) is 89.7 Å². The zero-order valence-corrected chi connectivity index (χ0v) is 28.1. The van der Waals surface area contributed by atoms with Crippen LogP contribution in [0.5, 0.6) is 5.75 Å². The molecule has 12 heteroatoms. The minimum Gasteiger partial charge on any atom is -1.00 e. The molecule has 0 atom stereocenters. The predicted octanol–water partition coefficient (Wildman–Crippen LogP) is 0.791. The Morgan fingerprint density at radius 1 is 0.707 bits per heavy atom. The minimum absolute atomic E-state index is 0. The highest BCUT2D eigenvalue weighted by atomic mass is 79.9. The number of azo groups is 2. The van der Waals surface area contributed by atoms with Gasteiger partial charge < -0.3 is 48.9 Å². The Kier molecular flexibility index (Phi) is 13.5. The third-order valence-electron chi connectivity index (χ3n) is 6.05. The summed E-state index contributed by atoms with van der Waals surface area (Å²) in [6, 6.07) is 23.0. The summed E-state index contributed by atoms with van der Waals surface area (Å²) in [6.45, 7) is 1.46. The van der Waals surface area contributed by atoms with Gasteiger partial charge in [0, 0.05) is 64.2 Å². The van der Waals surface area contributed by atoms with Gasteiger partial charge in [0.05, 0.1) is 34.0 Å². The Balaban J connectivity index is 0.00000294. The molecule has 4 aromatic rings. The van der Waals surface area contributed by atoms with Crippen LogP contribution in [0.4, 0.5) is 34.4 Å². The first-order valence-corrected chi connectivity index (χ1v) is 13.4. The first-order chi connectivity index (χ1) is 18.8. The van der Waals surface area contributed by atoms with Crippen LogP contribution in [0, 0.1) is 0 Å². The van der Waals surface area contributed by atoms with Gasteiger partial charge in [-0.1, -0.05) is 6.07 Å². The van der Waals surface area contributed by atoms with Crippen molar-refractivity contribution in [2.45, 2.75) is 19.5 Å². The van der Waals surface area contributed by atoms with E-state index in [2.05, 4.69) is 45.9 Å². The molecule has 216 valence electrons. The molecule has 0 aliphatic heterocycles. The van der Waals surface area contributed by atoms with Gasteiger partial charge in [-0.25, -0.2) is 9.13 Å². The van der Waals surface area contributed by atoms with Crippen molar-refractivity contribution in [1.29, 1.82) is 0 Å². The topological polar surface area (TPSA) is 83.9 Å². The van der Waals surface area contributed by atoms with Crippen LogP contribution in [-0.2, 0) is 13.1 Å². The summed E-state index contributed by atoms with van der Waals surface area (Å²) >= 11 is 3.56. The Bertz CT molecular complexity index is 1480. The van der Waals surface area contributed by atoms with Crippen molar-refractivity contribution < 1.29 is 48.2 Å². The monoisotopic (exact) mass is 746 g/mol. The first kappa shape index (κ1) is 34.0. The number of nitrogens with zero attached hydrogens (tertiary/aromatic N) is 8. The van der Waals surface area contributed by atoms with Crippen molar-refractivity contribution in [2.75, 3.05) is 38.0 Å². The number of hydrogen-bond donors (Lipinski definition) is 1. The molecule has 0 bridgehead atoms. The largest absolute Gasteiger partial charge is 1.00 e. The van der Waals surface area contributed by atoms with E-state index < -0.39 is 0 Å². The van der Waals surface area contributed by atoms with Crippen LogP contribution in [0.1, 0.15) is 6.42 Å². The second kappa shape index (κ2) is 16.3. The zero-order valence-electron chi connectivity index (χ0n) is 23.4. The average Bonchev–Trinajstić information content (AvgIpc) is 2.92. The maximum absolute atomic E-state index is 10.4. The van der Waals surface area contributed by atoms with E-state index in [1.807, 2.05) is 111 Å². The van der Waals surface area contributed by atoms with Crippen molar-refractivity contribution in [3.8, 4) is 5.75 Å². The molecule has 2 aromatic heterocycles. The van der Waals surface area contributed by atoms with Gasteiger partial charge >= 0.3 is 11.6 Å². The Labute approximate surface area is 270 Å². The van der Waals surface area contributed by atoms with E-state index in [9.17, 15) is 5.11 Å². The number of rotatable bonds is 10. The van der Waals surface area contributed by atoms with Crippen LogP contribution in [0.15, 0.2) is 110 Å². The van der Waals surface area contributed by atoms with Gasteiger partial charge in [-0.05, 0) is 74.7 Å². The Morgan fingerprint density at radius 2 is 1.34 bits per heavy atom. The normalized spacial score (nSPS) is 10.9. The number of aromatic nitrogens is 2. The van der Waals surface area contributed by atoms with Gasteiger partial charge in [-0.3, -0.25) is 0 Å². The van der Waals surface area contributed by atoms with Gasteiger partial charge in [0.15, 0.2) is 5.69 Å². The summed E-state index contributed by atoms with van der Waals surface area (Å²) in [5, 5.41) is 28.0. The van der Waals surface area contributed by atoms with Gasteiger partial charge in [-0.15, -0.1) is 0 Å². The highest BCUT2D eigenvalue weighted by Crippen LogP contribution is 2.31. The molecule has 0 radical (unpaired) electrons. The molecular weight excluding hydrogens is 716 g/mol. The van der Waals surface area contributed by atoms with Crippen LogP contribution >= 0.6 is 15.9 Å². The van der Waals surface area contributed by atoms with E-state index in [1.54, 1.807) is 12.1 Å². The third kappa shape index (κ3) is 9.68. The highest BCUT2D eigenvalue weighted by molar-refractivity contribution is 9.10. The molecule has 41 heavy (non-hydrogen) atoms. The zero-order chi connectivity index (χ0) is 27.8. The summed E-state index contributed by atoms with van der Waals surface area (Å²) in [5.74, 6) is 1.56. The number of phenolic OH excluding ortho intramolecular Hbond substituents is 1. The lowest BCUT2D eigenvalue weighted by Crippen LogP contribution is -3.00. The number of hydrogen-bond acceptors (Lipinski definition) is 7. The van der Waals surface area contributed by atoms with Crippen LogP contribution in [0.3, 0.4) is 0 Å². The first-order valence-electron chi connectivity index (χ1n) is 12.6. The van der Waals surface area contributed by atoms with Gasteiger partial charge in [0.25, 0.3) is 0 Å². The lowest BCUT2D eigenvalue weighted by Gasteiger charge is -2.12. The van der Waals surface area contributed by atoms with Crippen molar-refractivity contribution >= 4 is 50.3 Å². The van der Waals surface area contributed by atoms with E-state index in [4.69, 9.17) is 0 Å². The van der Waals surface area contributed by atoms with Crippen LogP contribution in [0.25, 0.3) is 0 Å². The van der Waals surface area contributed by atoms with E-state index in [-0.39, 0.29) is 39.7 Å². The number of aromatic hydroxyl groups is 1. The van der Waals surface area contributed by atoms with Crippen molar-refractivity contribution in [1.82, 2.24) is 0 Å². The Hall–Kier alpha value is -3.22. The molecule has 0 spiro atoms. The second-order valence-corrected chi connectivity index (χ2v) is 10.3. The number of phenols is 1. The van der Waals surface area contributed by atoms with Crippen LogP contribution in [0.2, 0.25) is 0 Å². The average molecular weight is 749 g/mol. The molecule has 0 amide bonds. The summed E-state index contributed by atoms with van der Waals surface area (Å²) in [7, 11) is 7.86. The van der Waals surface area contributed by atoms with Crippen molar-refractivity contribution in [2.24, 2.45) is 20.5 Å². The quantitative estimate of drug-likeness (QED) is 0.193. The number of benzene rings is 2. The summed E-state index contributed by atoms with van der Waals surface area (Å²) in [5.41, 5.74) is 3.23. The molecule has 4 rings (SSSR count). The van der Waals surface area contributed by atoms with E-state index in [0.717, 1.165) is 40.3 Å². The summed E-state index contributed by atoms with van der Waals surface area (Å²) in [6.07, 6.45) is 4.83. The number of pyridine rings is 2.